The zero-order valence-electron chi connectivity index (χ0n) is 29.5. The lowest BCUT2D eigenvalue weighted by Crippen LogP contribution is -2.00. The van der Waals surface area contributed by atoms with Crippen LogP contribution >= 0.6 is 0 Å². The van der Waals surface area contributed by atoms with Gasteiger partial charge in [-0.2, -0.15) is 5.26 Å². The topological polar surface area (TPSA) is 42.9 Å². The second kappa shape index (κ2) is 11.8. The van der Waals surface area contributed by atoms with Crippen LogP contribution in [0.25, 0.3) is 98.5 Å². The summed E-state index contributed by atoms with van der Waals surface area (Å²) in [5.74, 6) is 0. The maximum absolute atomic E-state index is 10.1. The smallest absolute Gasteiger partial charge is 0.188 e. The van der Waals surface area contributed by atoms with Crippen molar-refractivity contribution in [3.63, 3.8) is 0 Å². The SMILES string of the molecule is [C-]#[N+]c1ccc2c(c1)c1ccc(-n3c4ccccc4c4ccccc43)cc1n2-c1ccc(C#N)cc1-c1ccc(-n2c3ccccc3c3ccccc32)cc1. The first kappa shape index (κ1) is 30.7. The fourth-order valence-electron chi connectivity index (χ4n) is 8.69. The Hall–Kier alpha value is -7.86. The number of rotatable bonds is 4. The molecule has 5 nitrogen and oxygen atoms in total. The molecule has 3 aromatic heterocycles. The van der Waals surface area contributed by atoms with Crippen LogP contribution in [0.2, 0.25) is 0 Å². The Kier molecular flexibility index (Phi) is 6.61. The minimum Gasteiger partial charge on any atom is -0.309 e. The molecule has 0 atom stereocenters. The van der Waals surface area contributed by atoms with Gasteiger partial charge in [0.1, 0.15) is 0 Å². The third-order valence-electron chi connectivity index (χ3n) is 11.1. The maximum Gasteiger partial charge on any atom is 0.188 e. The van der Waals surface area contributed by atoms with Crippen LogP contribution in [0, 0.1) is 17.9 Å². The molecule has 3 heterocycles. The molecular formula is C50H29N5. The highest BCUT2D eigenvalue weighted by Crippen LogP contribution is 2.41. The summed E-state index contributed by atoms with van der Waals surface area (Å²) >= 11 is 0. The summed E-state index contributed by atoms with van der Waals surface area (Å²) in [4.78, 5) is 3.79. The van der Waals surface area contributed by atoms with Crippen LogP contribution in [-0.4, -0.2) is 13.7 Å². The molecule has 0 saturated heterocycles. The van der Waals surface area contributed by atoms with Gasteiger partial charge in [-0.1, -0.05) is 97.1 Å². The molecule has 0 radical (unpaired) electrons. The van der Waals surface area contributed by atoms with E-state index >= 15 is 0 Å². The quantitative estimate of drug-likeness (QED) is 0.169. The van der Waals surface area contributed by atoms with E-state index in [1.165, 1.54) is 21.5 Å². The van der Waals surface area contributed by atoms with Crippen LogP contribution in [0.5, 0.6) is 0 Å². The predicted molar refractivity (Wildman–Crippen MR) is 226 cm³/mol. The van der Waals surface area contributed by atoms with Gasteiger partial charge in [0.15, 0.2) is 5.69 Å². The molecule has 254 valence electrons. The van der Waals surface area contributed by atoms with E-state index in [4.69, 9.17) is 6.57 Å². The zero-order valence-corrected chi connectivity index (χ0v) is 29.5. The predicted octanol–water partition coefficient (Wildman–Crippen LogP) is 13.1. The zero-order chi connectivity index (χ0) is 36.6. The average Bonchev–Trinajstić information content (AvgIpc) is 3.88. The van der Waals surface area contributed by atoms with Gasteiger partial charge in [-0.3, -0.25) is 0 Å². The molecule has 0 saturated carbocycles. The van der Waals surface area contributed by atoms with Crippen LogP contribution in [0.15, 0.2) is 176 Å². The highest BCUT2D eigenvalue weighted by Gasteiger charge is 2.20. The second-order valence-electron chi connectivity index (χ2n) is 14.0. The molecule has 0 amide bonds. The van der Waals surface area contributed by atoms with Gasteiger partial charge in [-0.25, -0.2) is 4.85 Å². The number of nitriles is 1. The molecular weight excluding hydrogens is 671 g/mol. The Morgan fingerprint density at radius 1 is 0.418 bits per heavy atom. The number of hydrogen-bond acceptors (Lipinski definition) is 1. The first-order valence-electron chi connectivity index (χ1n) is 18.3. The van der Waals surface area contributed by atoms with Crippen LogP contribution in [0.1, 0.15) is 5.56 Å². The molecule has 11 aromatic rings. The minimum absolute atomic E-state index is 0.590. The molecule has 0 N–H and O–H groups in total. The fourth-order valence-corrected chi connectivity index (χ4v) is 8.69. The van der Waals surface area contributed by atoms with Crippen molar-refractivity contribution in [2.24, 2.45) is 0 Å². The van der Waals surface area contributed by atoms with E-state index in [0.717, 1.165) is 72.1 Å². The molecule has 0 bridgehead atoms. The van der Waals surface area contributed by atoms with E-state index in [2.05, 4.69) is 176 Å². The number of nitrogens with zero attached hydrogens (tertiary/aromatic N) is 5. The molecule has 0 spiro atoms. The Morgan fingerprint density at radius 2 is 0.927 bits per heavy atom. The lowest BCUT2D eigenvalue weighted by Gasteiger charge is -2.16. The summed E-state index contributed by atoms with van der Waals surface area (Å²) in [6.07, 6.45) is 0. The fraction of sp³-hybridized carbons (Fsp3) is 0. The van der Waals surface area contributed by atoms with Crippen molar-refractivity contribution in [1.82, 2.24) is 13.7 Å². The molecule has 0 fully saturated rings. The van der Waals surface area contributed by atoms with Crippen molar-refractivity contribution in [3.8, 4) is 34.3 Å². The Bertz CT molecular complexity index is 3350. The van der Waals surface area contributed by atoms with Crippen LogP contribution in [0.4, 0.5) is 5.69 Å². The lowest BCUT2D eigenvalue weighted by molar-refractivity contribution is 1.15. The summed E-state index contributed by atoms with van der Waals surface area (Å²) < 4.78 is 6.95. The summed E-state index contributed by atoms with van der Waals surface area (Å²) in [5, 5.41) is 17.1. The van der Waals surface area contributed by atoms with Gasteiger partial charge in [0.05, 0.1) is 57.0 Å². The van der Waals surface area contributed by atoms with Gasteiger partial charge in [0.2, 0.25) is 0 Å². The molecule has 0 aliphatic rings. The van der Waals surface area contributed by atoms with Crippen molar-refractivity contribution >= 4 is 71.1 Å². The number of hydrogen-bond donors (Lipinski definition) is 0. The van der Waals surface area contributed by atoms with Gasteiger partial charge in [0, 0.05) is 43.9 Å². The molecule has 55 heavy (non-hydrogen) atoms. The molecule has 0 aliphatic carbocycles. The normalized spacial score (nSPS) is 11.6. The average molecular weight is 700 g/mol. The number of fused-ring (bicyclic) bond motifs is 9. The Balaban J connectivity index is 1.15. The Morgan fingerprint density at radius 3 is 1.49 bits per heavy atom. The molecule has 8 aromatic carbocycles. The maximum atomic E-state index is 10.1. The second-order valence-corrected chi connectivity index (χ2v) is 14.0. The first-order valence-corrected chi connectivity index (χ1v) is 18.3. The van der Waals surface area contributed by atoms with Crippen LogP contribution in [0.3, 0.4) is 0 Å². The molecule has 0 unspecified atom stereocenters. The van der Waals surface area contributed by atoms with E-state index < -0.39 is 0 Å². The van der Waals surface area contributed by atoms with Gasteiger partial charge in [-0.15, -0.1) is 0 Å². The van der Waals surface area contributed by atoms with Gasteiger partial charge in [0.25, 0.3) is 0 Å². The van der Waals surface area contributed by atoms with Crippen LogP contribution < -0.4 is 0 Å². The highest BCUT2D eigenvalue weighted by molar-refractivity contribution is 6.13. The highest BCUT2D eigenvalue weighted by atomic mass is 15.0. The minimum atomic E-state index is 0.590. The number of aromatic nitrogens is 3. The van der Waals surface area contributed by atoms with E-state index in [1.807, 2.05) is 24.3 Å². The van der Waals surface area contributed by atoms with Crippen LogP contribution in [-0.2, 0) is 0 Å². The first-order chi connectivity index (χ1) is 27.2. The van der Waals surface area contributed by atoms with Crippen molar-refractivity contribution in [2.75, 3.05) is 0 Å². The molecule has 0 aliphatic heterocycles. The third kappa shape index (κ3) is 4.51. The third-order valence-corrected chi connectivity index (χ3v) is 11.1. The summed E-state index contributed by atoms with van der Waals surface area (Å²) in [5.41, 5.74) is 12.8. The van der Waals surface area contributed by atoms with Gasteiger partial charge in [-0.05, 0) is 89.8 Å². The largest absolute Gasteiger partial charge is 0.309 e. The lowest BCUT2D eigenvalue weighted by atomic mass is 10.00. The molecule has 11 rings (SSSR count). The number of para-hydroxylation sites is 4. The molecule has 5 heteroatoms. The van der Waals surface area contributed by atoms with Crippen molar-refractivity contribution in [2.45, 2.75) is 0 Å². The summed E-state index contributed by atoms with van der Waals surface area (Å²) in [6.45, 7) is 7.81. The van der Waals surface area contributed by atoms with E-state index in [0.29, 0.717) is 11.3 Å². The van der Waals surface area contributed by atoms with E-state index in [9.17, 15) is 5.26 Å². The summed E-state index contributed by atoms with van der Waals surface area (Å²) in [6, 6.07) is 63.7. The summed E-state index contributed by atoms with van der Waals surface area (Å²) in [7, 11) is 0. The van der Waals surface area contributed by atoms with E-state index in [-0.39, 0.29) is 0 Å². The standard InChI is InChI=1S/C50H29N5/c1-52-34-21-27-49-43(29-34)41-25-24-36(54-46-16-8-4-12-39(46)40-13-5-9-17-47(40)54)30-50(41)55(49)48-26-18-32(31-51)28-42(48)33-19-22-35(23-20-33)53-44-14-6-2-10-37(44)38-11-3-7-15-45(38)53/h2-30H. The van der Waals surface area contributed by atoms with Gasteiger partial charge >= 0.3 is 0 Å². The Labute approximate surface area is 316 Å². The van der Waals surface area contributed by atoms with Crippen molar-refractivity contribution < 1.29 is 0 Å². The van der Waals surface area contributed by atoms with Crippen molar-refractivity contribution in [3.05, 3.63) is 193 Å². The van der Waals surface area contributed by atoms with Gasteiger partial charge < -0.3 is 13.7 Å². The van der Waals surface area contributed by atoms with E-state index in [1.54, 1.807) is 0 Å². The van der Waals surface area contributed by atoms with Crippen molar-refractivity contribution in [1.29, 1.82) is 5.26 Å². The monoisotopic (exact) mass is 699 g/mol. The number of benzene rings is 8.